The van der Waals surface area contributed by atoms with Crippen molar-refractivity contribution in [3.63, 3.8) is 0 Å². The second kappa shape index (κ2) is 4.40. The van der Waals surface area contributed by atoms with Gasteiger partial charge in [-0.15, -0.1) is 0 Å². The molecule has 1 aromatic rings. The van der Waals surface area contributed by atoms with Gasteiger partial charge >= 0.3 is 0 Å². The van der Waals surface area contributed by atoms with Crippen molar-refractivity contribution in [2.24, 2.45) is 0 Å². The number of nitrogens with one attached hydrogen (secondary N) is 1. The van der Waals surface area contributed by atoms with E-state index in [0.717, 1.165) is 19.5 Å². The fourth-order valence-electron chi connectivity index (χ4n) is 1.82. The molecule has 1 aliphatic heterocycles. The molecule has 4 nitrogen and oxygen atoms in total. The van der Waals surface area contributed by atoms with E-state index in [1.165, 1.54) is 0 Å². The Morgan fingerprint density at radius 1 is 1.67 bits per heavy atom. The minimum Gasteiger partial charge on any atom is -0.348 e. The molecule has 0 aromatic carbocycles. The molecular weight excluding hydrogens is 190 g/mol. The molecule has 0 aliphatic carbocycles. The monoisotopic (exact) mass is 205 g/mol. The molecule has 2 heterocycles. The normalized spacial score (nSPS) is 21.5. The van der Waals surface area contributed by atoms with Crippen molar-refractivity contribution in [1.82, 2.24) is 15.2 Å². The van der Waals surface area contributed by atoms with E-state index < -0.39 is 0 Å². The van der Waals surface area contributed by atoms with Gasteiger partial charge in [0.25, 0.3) is 5.91 Å². The second-order valence-electron chi connectivity index (χ2n) is 3.96. The number of hydrogen-bond acceptors (Lipinski definition) is 3. The second-order valence-corrected chi connectivity index (χ2v) is 3.96. The van der Waals surface area contributed by atoms with Gasteiger partial charge in [0.1, 0.15) is 0 Å². The van der Waals surface area contributed by atoms with Gasteiger partial charge in [-0.25, -0.2) is 0 Å². The van der Waals surface area contributed by atoms with Crippen LogP contribution < -0.4 is 5.32 Å². The summed E-state index contributed by atoms with van der Waals surface area (Å²) in [6.07, 6.45) is 4.29. The first-order valence-corrected chi connectivity index (χ1v) is 5.15. The highest BCUT2D eigenvalue weighted by Gasteiger charge is 2.21. The molecule has 2 rings (SSSR count). The highest BCUT2D eigenvalue weighted by Crippen LogP contribution is 2.07. The van der Waals surface area contributed by atoms with Crippen LogP contribution in [0.4, 0.5) is 0 Å². The number of carbonyl (C=O) groups is 1. The molecule has 1 N–H and O–H groups in total. The molecule has 15 heavy (non-hydrogen) atoms. The molecule has 1 fully saturated rings. The summed E-state index contributed by atoms with van der Waals surface area (Å²) in [4.78, 5) is 17.9. The molecule has 4 heteroatoms. The smallest absolute Gasteiger partial charge is 0.253 e. The van der Waals surface area contributed by atoms with Gasteiger partial charge in [-0.1, -0.05) is 0 Å². The van der Waals surface area contributed by atoms with Gasteiger partial charge in [0.05, 0.1) is 5.56 Å². The summed E-state index contributed by atoms with van der Waals surface area (Å²) in [7, 11) is 2.07. The third-order valence-corrected chi connectivity index (χ3v) is 2.65. The number of pyridine rings is 1. The lowest BCUT2D eigenvalue weighted by Gasteiger charge is -2.12. The Morgan fingerprint density at radius 3 is 3.13 bits per heavy atom. The molecule has 1 atom stereocenters. The summed E-state index contributed by atoms with van der Waals surface area (Å²) in [5.74, 6) is -0.0246. The van der Waals surface area contributed by atoms with Crippen LogP contribution in [0.1, 0.15) is 16.8 Å². The van der Waals surface area contributed by atoms with E-state index in [1.54, 1.807) is 24.5 Å². The van der Waals surface area contributed by atoms with Crippen molar-refractivity contribution in [2.45, 2.75) is 12.5 Å². The Hall–Kier alpha value is -1.42. The summed E-state index contributed by atoms with van der Waals surface area (Å²) in [6.45, 7) is 1.99. The number of rotatable bonds is 2. The largest absolute Gasteiger partial charge is 0.348 e. The Labute approximate surface area is 89.3 Å². The van der Waals surface area contributed by atoms with Crippen LogP contribution >= 0.6 is 0 Å². The molecule has 0 radical (unpaired) electrons. The van der Waals surface area contributed by atoms with E-state index >= 15 is 0 Å². The molecule has 0 saturated carbocycles. The topological polar surface area (TPSA) is 45.2 Å². The van der Waals surface area contributed by atoms with Crippen molar-refractivity contribution in [2.75, 3.05) is 20.1 Å². The van der Waals surface area contributed by atoms with E-state index in [-0.39, 0.29) is 11.9 Å². The molecule has 0 bridgehead atoms. The fourth-order valence-corrected chi connectivity index (χ4v) is 1.82. The maximum absolute atomic E-state index is 11.7. The number of aromatic nitrogens is 1. The standard InChI is InChI=1S/C11H15N3O/c1-14-6-4-10(8-14)13-11(15)9-3-2-5-12-7-9/h2-3,5,7,10H,4,6,8H2,1H3,(H,13,15)/t10-/m0/s1. The molecular formula is C11H15N3O. The first-order valence-electron chi connectivity index (χ1n) is 5.15. The van der Waals surface area contributed by atoms with Crippen molar-refractivity contribution in [1.29, 1.82) is 0 Å². The van der Waals surface area contributed by atoms with Gasteiger partial charge in [-0.3, -0.25) is 9.78 Å². The zero-order valence-corrected chi connectivity index (χ0v) is 8.81. The summed E-state index contributed by atoms with van der Waals surface area (Å²) < 4.78 is 0. The van der Waals surface area contributed by atoms with Crippen LogP contribution in [0.5, 0.6) is 0 Å². The number of amides is 1. The summed E-state index contributed by atoms with van der Waals surface area (Å²) in [5.41, 5.74) is 0.632. The van der Waals surface area contributed by atoms with Crippen LogP contribution in [0.3, 0.4) is 0 Å². The maximum Gasteiger partial charge on any atom is 0.253 e. The SMILES string of the molecule is CN1CC[C@H](NC(=O)c2cccnc2)C1. The number of carbonyl (C=O) groups excluding carboxylic acids is 1. The van der Waals surface area contributed by atoms with Gasteiger partial charge in [0, 0.05) is 25.0 Å². The molecule has 80 valence electrons. The van der Waals surface area contributed by atoms with Gasteiger partial charge < -0.3 is 10.2 Å². The summed E-state index contributed by atoms with van der Waals surface area (Å²) in [6, 6.07) is 3.83. The first-order chi connectivity index (χ1) is 7.25. The van der Waals surface area contributed by atoms with Crippen LogP contribution in [0.2, 0.25) is 0 Å². The minimum absolute atomic E-state index is 0.0246. The highest BCUT2D eigenvalue weighted by molar-refractivity contribution is 5.94. The lowest BCUT2D eigenvalue weighted by Crippen LogP contribution is -2.36. The van der Waals surface area contributed by atoms with Crippen molar-refractivity contribution < 1.29 is 4.79 Å². The number of hydrogen-bond donors (Lipinski definition) is 1. The lowest BCUT2D eigenvalue weighted by molar-refractivity contribution is 0.0938. The van der Waals surface area contributed by atoms with Crippen LogP contribution in [0, 0.1) is 0 Å². The maximum atomic E-state index is 11.7. The van der Waals surface area contributed by atoms with Gasteiger partial charge in [0.15, 0.2) is 0 Å². The van der Waals surface area contributed by atoms with E-state index in [0.29, 0.717) is 5.56 Å². The van der Waals surface area contributed by atoms with Crippen LogP contribution in [-0.2, 0) is 0 Å². The molecule has 1 aliphatic rings. The molecule has 0 unspecified atom stereocenters. The number of likely N-dealkylation sites (tertiary alicyclic amines) is 1. The Morgan fingerprint density at radius 2 is 2.53 bits per heavy atom. The van der Waals surface area contributed by atoms with Crippen LogP contribution in [-0.4, -0.2) is 42.0 Å². The number of likely N-dealkylation sites (N-methyl/N-ethyl adjacent to an activating group) is 1. The van der Waals surface area contributed by atoms with E-state index in [2.05, 4.69) is 22.2 Å². The minimum atomic E-state index is -0.0246. The van der Waals surface area contributed by atoms with Crippen molar-refractivity contribution in [3.05, 3.63) is 30.1 Å². The number of nitrogens with zero attached hydrogens (tertiary/aromatic N) is 2. The van der Waals surface area contributed by atoms with E-state index in [9.17, 15) is 4.79 Å². The average molecular weight is 205 g/mol. The van der Waals surface area contributed by atoms with Gasteiger partial charge in [0.2, 0.25) is 0 Å². The van der Waals surface area contributed by atoms with Gasteiger partial charge in [-0.05, 0) is 32.1 Å². The van der Waals surface area contributed by atoms with Crippen molar-refractivity contribution in [3.8, 4) is 0 Å². The zero-order valence-electron chi connectivity index (χ0n) is 8.81. The average Bonchev–Trinajstić information content (AvgIpc) is 2.65. The Balaban J connectivity index is 1.93. The third-order valence-electron chi connectivity index (χ3n) is 2.65. The third kappa shape index (κ3) is 2.53. The predicted octanol–water partition coefficient (Wildman–Crippen LogP) is 0.515. The fraction of sp³-hybridized carbons (Fsp3) is 0.455. The molecule has 0 spiro atoms. The predicted molar refractivity (Wildman–Crippen MR) is 57.6 cm³/mol. The van der Waals surface area contributed by atoms with E-state index in [1.807, 2.05) is 0 Å². The summed E-state index contributed by atoms with van der Waals surface area (Å²) in [5, 5.41) is 3.00. The first kappa shape index (κ1) is 10.1. The Kier molecular flexibility index (Phi) is 2.97. The van der Waals surface area contributed by atoms with Crippen molar-refractivity contribution >= 4 is 5.91 Å². The van der Waals surface area contributed by atoms with Gasteiger partial charge in [-0.2, -0.15) is 0 Å². The molecule has 1 amide bonds. The zero-order chi connectivity index (χ0) is 10.7. The van der Waals surface area contributed by atoms with E-state index in [4.69, 9.17) is 0 Å². The quantitative estimate of drug-likeness (QED) is 0.765. The lowest BCUT2D eigenvalue weighted by atomic mass is 10.2. The Bertz CT molecular complexity index is 339. The molecule has 1 saturated heterocycles. The molecule has 1 aromatic heterocycles. The highest BCUT2D eigenvalue weighted by atomic mass is 16.1. The van der Waals surface area contributed by atoms with Crippen LogP contribution in [0.25, 0.3) is 0 Å². The summed E-state index contributed by atoms with van der Waals surface area (Å²) >= 11 is 0. The van der Waals surface area contributed by atoms with Crippen LogP contribution in [0.15, 0.2) is 24.5 Å².